The van der Waals surface area contributed by atoms with Gasteiger partial charge in [-0.05, 0) is 20.8 Å². The normalized spacial score (nSPS) is 20.0. The minimum atomic E-state index is -0.325. The van der Waals surface area contributed by atoms with E-state index in [-0.39, 0.29) is 17.7 Å². The molecule has 0 atom stereocenters. The van der Waals surface area contributed by atoms with Crippen molar-refractivity contribution >= 4 is 6.09 Å². The van der Waals surface area contributed by atoms with Crippen LogP contribution in [0.25, 0.3) is 0 Å². The summed E-state index contributed by atoms with van der Waals surface area (Å²) in [5, 5.41) is 5.89. The van der Waals surface area contributed by atoms with Crippen LogP contribution in [0.3, 0.4) is 0 Å². The topological polar surface area (TPSA) is 50.4 Å². The number of carbonyl (C=O) groups is 1. The Balaban J connectivity index is 2.26. The molecule has 0 spiro atoms. The summed E-state index contributed by atoms with van der Waals surface area (Å²) in [4.78, 5) is 11.1. The lowest BCUT2D eigenvalue weighted by molar-refractivity contribution is 0.0980. The van der Waals surface area contributed by atoms with Gasteiger partial charge in [0.05, 0.1) is 11.6 Å². The second-order valence-corrected chi connectivity index (χ2v) is 3.74. The van der Waals surface area contributed by atoms with Crippen LogP contribution in [0.15, 0.2) is 0 Å². The lowest BCUT2D eigenvalue weighted by Crippen LogP contribution is -2.67. The molecule has 0 unspecified atom stereocenters. The van der Waals surface area contributed by atoms with E-state index >= 15 is 0 Å². The van der Waals surface area contributed by atoms with Crippen LogP contribution in [0.1, 0.15) is 20.8 Å². The molecule has 0 aromatic heterocycles. The van der Waals surface area contributed by atoms with Crippen molar-refractivity contribution in [3.8, 4) is 0 Å². The number of nitrogens with one attached hydrogen (secondary N) is 2. The summed E-state index contributed by atoms with van der Waals surface area (Å²) in [6, 6.07) is 0. The largest absolute Gasteiger partial charge is 0.447 e. The van der Waals surface area contributed by atoms with E-state index in [0.717, 1.165) is 13.1 Å². The molecule has 0 bridgehead atoms. The third-order valence-corrected chi connectivity index (χ3v) is 1.78. The van der Waals surface area contributed by atoms with Gasteiger partial charge in [-0.3, -0.25) is 0 Å². The van der Waals surface area contributed by atoms with Crippen molar-refractivity contribution in [2.45, 2.75) is 32.4 Å². The van der Waals surface area contributed by atoms with Gasteiger partial charge in [-0.25, -0.2) is 4.79 Å². The maximum Gasteiger partial charge on any atom is 0.407 e. The summed E-state index contributed by atoms with van der Waals surface area (Å²) in [5.41, 5.74) is -0.105. The maximum absolute atomic E-state index is 11.1. The molecule has 1 aliphatic rings. The average Bonchev–Trinajstić information content (AvgIpc) is 1.81. The summed E-state index contributed by atoms with van der Waals surface area (Å²) >= 11 is 0. The SMILES string of the molecule is CC(C)OC(=O)NC1(C)CNC1. The summed E-state index contributed by atoms with van der Waals surface area (Å²) in [7, 11) is 0. The molecule has 0 saturated carbocycles. The van der Waals surface area contributed by atoms with Gasteiger partial charge in [0.15, 0.2) is 0 Å². The summed E-state index contributed by atoms with van der Waals surface area (Å²) in [6.07, 6.45) is -0.379. The first kappa shape index (κ1) is 9.32. The molecule has 0 aromatic carbocycles. The molecule has 4 nitrogen and oxygen atoms in total. The van der Waals surface area contributed by atoms with E-state index in [1.54, 1.807) is 0 Å². The van der Waals surface area contributed by atoms with Crippen molar-refractivity contribution in [2.24, 2.45) is 0 Å². The highest BCUT2D eigenvalue weighted by molar-refractivity contribution is 5.68. The van der Waals surface area contributed by atoms with Crippen molar-refractivity contribution in [2.75, 3.05) is 13.1 Å². The van der Waals surface area contributed by atoms with Crippen LogP contribution in [-0.4, -0.2) is 30.8 Å². The summed E-state index contributed by atoms with van der Waals surface area (Å²) in [5.74, 6) is 0. The fourth-order valence-electron chi connectivity index (χ4n) is 1.08. The molecule has 70 valence electrons. The van der Waals surface area contributed by atoms with Crippen LogP contribution in [0.5, 0.6) is 0 Å². The minimum Gasteiger partial charge on any atom is -0.447 e. The van der Waals surface area contributed by atoms with Gasteiger partial charge in [0.2, 0.25) is 0 Å². The molecule has 1 amide bonds. The highest BCUT2D eigenvalue weighted by Crippen LogP contribution is 2.09. The Morgan fingerprint density at radius 2 is 2.17 bits per heavy atom. The fraction of sp³-hybridized carbons (Fsp3) is 0.875. The fourth-order valence-corrected chi connectivity index (χ4v) is 1.08. The van der Waals surface area contributed by atoms with Crippen molar-refractivity contribution in [1.82, 2.24) is 10.6 Å². The number of ether oxygens (including phenoxy) is 1. The standard InChI is InChI=1S/C8H16N2O2/c1-6(2)12-7(11)10-8(3)4-9-5-8/h6,9H,4-5H2,1-3H3,(H,10,11). The Morgan fingerprint density at radius 3 is 2.50 bits per heavy atom. The maximum atomic E-state index is 11.1. The van der Waals surface area contributed by atoms with Gasteiger partial charge in [-0.2, -0.15) is 0 Å². The van der Waals surface area contributed by atoms with Gasteiger partial charge >= 0.3 is 6.09 Å². The van der Waals surface area contributed by atoms with Crippen molar-refractivity contribution in [3.05, 3.63) is 0 Å². The van der Waals surface area contributed by atoms with E-state index in [4.69, 9.17) is 4.74 Å². The van der Waals surface area contributed by atoms with Crippen LogP contribution in [0.2, 0.25) is 0 Å². The zero-order valence-electron chi connectivity index (χ0n) is 7.81. The quantitative estimate of drug-likeness (QED) is 0.637. The Labute approximate surface area is 72.7 Å². The molecule has 2 N–H and O–H groups in total. The van der Waals surface area contributed by atoms with Crippen LogP contribution in [-0.2, 0) is 4.74 Å². The number of hydrogen-bond acceptors (Lipinski definition) is 3. The van der Waals surface area contributed by atoms with Gasteiger partial charge in [0.25, 0.3) is 0 Å². The highest BCUT2D eigenvalue weighted by atomic mass is 16.6. The Hall–Kier alpha value is -0.770. The van der Waals surface area contributed by atoms with Gasteiger partial charge < -0.3 is 15.4 Å². The van der Waals surface area contributed by atoms with Gasteiger partial charge in [-0.15, -0.1) is 0 Å². The van der Waals surface area contributed by atoms with E-state index in [0.29, 0.717) is 0 Å². The number of carbonyl (C=O) groups excluding carboxylic acids is 1. The Morgan fingerprint density at radius 1 is 1.58 bits per heavy atom. The van der Waals surface area contributed by atoms with Crippen LogP contribution < -0.4 is 10.6 Å². The van der Waals surface area contributed by atoms with Crippen LogP contribution >= 0.6 is 0 Å². The monoisotopic (exact) mass is 172 g/mol. The number of alkyl carbamates (subject to hydrolysis) is 1. The molecular weight excluding hydrogens is 156 g/mol. The highest BCUT2D eigenvalue weighted by Gasteiger charge is 2.33. The van der Waals surface area contributed by atoms with Crippen molar-refractivity contribution < 1.29 is 9.53 Å². The summed E-state index contributed by atoms with van der Waals surface area (Å²) in [6.45, 7) is 7.30. The van der Waals surface area contributed by atoms with Crippen LogP contribution in [0, 0.1) is 0 Å². The zero-order chi connectivity index (χ0) is 9.19. The van der Waals surface area contributed by atoms with Gasteiger partial charge in [0.1, 0.15) is 0 Å². The third kappa shape index (κ3) is 2.37. The molecule has 1 saturated heterocycles. The Kier molecular flexibility index (Phi) is 2.57. The average molecular weight is 172 g/mol. The minimum absolute atomic E-state index is 0.0540. The third-order valence-electron chi connectivity index (χ3n) is 1.78. The lowest BCUT2D eigenvalue weighted by Gasteiger charge is -2.39. The van der Waals surface area contributed by atoms with Gasteiger partial charge in [0, 0.05) is 13.1 Å². The number of amides is 1. The molecular formula is C8H16N2O2. The lowest BCUT2D eigenvalue weighted by atomic mass is 9.96. The predicted molar refractivity (Wildman–Crippen MR) is 46.0 cm³/mol. The molecule has 4 heteroatoms. The first-order valence-corrected chi connectivity index (χ1v) is 4.21. The van der Waals surface area contributed by atoms with E-state index < -0.39 is 0 Å². The van der Waals surface area contributed by atoms with Gasteiger partial charge in [-0.1, -0.05) is 0 Å². The summed E-state index contributed by atoms with van der Waals surface area (Å²) < 4.78 is 4.94. The molecule has 1 fully saturated rings. The van der Waals surface area contributed by atoms with Crippen LogP contribution in [0.4, 0.5) is 4.79 Å². The first-order valence-electron chi connectivity index (χ1n) is 4.21. The molecule has 0 aromatic rings. The number of hydrogen-bond donors (Lipinski definition) is 2. The smallest absolute Gasteiger partial charge is 0.407 e. The number of rotatable bonds is 2. The zero-order valence-corrected chi connectivity index (χ0v) is 7.81. The molecule has 1 aliphatic heterocycles. The van der Waals surface area contributed by atoms with E-state index in [1.807, 2.05) is 20.8 Å². The molecule has 1 heterocycles. The molecule has 0 radical (unpaired) electrons. The van der Waals surface area contributed by atoms with E-state index in [2.05, 4.69) is 10.6 Å². The Bertz CT molecular complexity index is 176. The molecule has 0 aliphatic carbocycles. The molecule has 1 rings (SSSR count). The first-order chi connectivity index (χ1) is 5.52. The second kappa shape index (κ2) is 3.31. The van der Waals surface area contributed by atoms with E-state index in [1.165, 1.54) is 0 Å². The van der Waals surface area contributed by atoms with E-state index in [9.17, 15) is 4.79 Å². The van der Waals surface area contributed by atoms with Crippen molar-refractivity contribution in [3.63, 3.8) is 0 Å². The predicted octanol–water partition coefficient (Wildman–Crippen LogP) is 0.483. The second-order valence-electron chi connectivity index (χ2n) is 3.74. The van der Waals surface area contributed by atoms with Crippen molar-refractivity contribution in [1.29, 1.82) is 0 Å². The molecule has 12 heavy (non-hydrogen) atoms.